The smallest absolute Gasteiger partial charge is 0.220 e. The van der Waals surface area contributed by atoms with E-state index in [1.54, 1.807) is 0 Å². The van der Waals surface area contributed by atoms with Crippen LogP contribution in [-0.2, 0) is 4.79 Å². The van der Waals surface area contributed by atoms with Crippen molar-refractivity contribution in [1.82, 2.24) is 10.2 Å². The van der Waals surface area contributed by atoms with E-state index in [4.69, 9.17) is 18.0 Å². The lowest BCUT2D eigenvalue weighted by Gasteiger charge is -2.34. The molecular weight excluding hydrogens is 258 g/mol. The molecule has 3 aliphatic rings. The molecule has 2 aliphatic carbocycles. The van der Waals surface area contributed by atoms with Crippen LogP contribution in [0.4, 0.5) is 0 Å². The van der Waals surface area contributed by atoms with Gasteiger partial charge in [0.2, 0.25) is 5.91 Å². The van der Waals surface area contributed by atoms with E-state index in [1.165, 1.54) is 12.8 Å². The summed E-state index contributed by atoms with van der Waals surface area (Å²) in [5.74, 6) is 1.28. The predicted octanol–water partition coefficient (Wildman–Crippen LogP) is 1.02. The van der Waals surface area contributed by atoms with Gasteiger partial charge in [0.15, 0.2) is 5.11 Å². The number of carbonyl (C=O) groups is 1. The third-order valence-corrected chi connectivity index (χ3v) is 5.15. The van der Waals surface area contributed by atoms with Gasteiger partial charge in [-0.15, -0.1) is 0 Å². The molecule has 1 heterocycles. The zero-order valence-corrected chi connectivity index (χ0v) is 11.9. The van der Waals surface area contributed by atoms with Crippen molar-refractivity contribution in [2.24, 2.45) is 23.5 Å². The number of thiocarbonyl (C=S) groups is 1. The standard InChI is InChI=1S/C14H21N3OS/c15-13(18)10-3-5-17(6-4-10)14(19)16-12-8-9-1-2-11(12)7-9/h1-2,9-12H,3-8H2,(H2,15,18)(H,16,19)/t9-,11+,12+/m1/s1. The van der Waals surface area contributed by atoms with Crippen LogP contribution in [0.5, 0.6) is 0 Å². The van der Waals surface area contributed by atoms with E-state index < -0.39 is 0 Å². The summed E-state index contributed by atoms with van der Waals surface area (Å²) in [6, 6.07) is 0.511. The Hall–Kier alpha value is -1.10. The van der Waals surface area contributed by atoms with Gasteiger partial charge in [-0.1, -0.05) is 12.2 Å². The van der Waals surface area contributed by atoms with Crippen LogP contribution in [0.2, 0.25) is 0 Å². The summed E-state index contributed by atoms with van der Waals surface area (Å²) in [5, 5.41) is 4.37. The van der Waals surface area contributed by atoms with Gasteiger partial charge in [-0.3, -0.25) is 4.79 Å². The number of nitrogens with two attached hydrogens (primary N) is 1. The molecule has 0 aromatic carbocycles. The molecule has 2 fully saturated rings. The minimum absolute atomic E-state index is 0.0319. The molecule has 104 valence electrons. The average molecular weight is 279 g/mol. The van der Waals surface area contributed by atoms with E-state index >= 15 is 0 Å². The number of piperidine rings is 1. The van der Waals surface area contributed by atoms with Crippen LogP contribution in [-0.4, -0.2) is 35.1 Å². The summed E-state index contributed by atoms with van der Waals surface area (Å²) in [6.07, 6.45) is 8.81. The summed E-state index contributed by atoms with van der Waals surface area (Å²) in [5.41, 5.74) is 5.35. The molecule has 1 saturated carbocycles. The Balaban J connectivity index is 1.49. The highest BCUT2D eigenvalue weighted by molar-refractivity contribution is 7.80. The molecule has 4 nitrogen and oxygen atoms in total. The number of primary amides is 1. The number of hydrogen-bond acceptors (Lipinski definition) is 2. The maximum absolute atomic E-state index is 11.1. The van der Waals surface area contributed by atoms with Gasteiger partial charge in [0.05, 0.1) is 0 Å². The second kappa shape index (κ2) is 5.12. The van der Waals surface area contributed by atoms with E-state index in [0.717, 1.165) is 37.0 Å². The molecule has 0 spiro atoms. The van der Waals surface area contributed by atoms with Crippen molar-refractivity contribution in [3.63, 3.8) is 0 Å². The second-order valence-corrected chi connectivity index (χ2v) is 6.39. The number of fused-ring (bicyclic) bond motifs is 2. The van der Waals surface area contributed by atoms with E-state index in [-0.39, 0.29) is 11.8 Å². The first-order valence-corrected chi connectivity index (χ1v) is 7.57. The monoisotopic (exact) mass is 279 g/mol. The molecule has 3 N–H and O–H groups in total. The van der Waals surface area contributed by atoms with Crippen molar-refractivity contribution in [1.29, 1.82) is 0 Å². The van der Waals surface area contributed by atoms with Crippen molar-refractivity contribution in [2.75, 3.05) is 13.1 Å². The largest absolute Gasteiger partial charge is 0.369 e. The molecule has 1 amide bonds. The first-order valence-electron chi connectivity index (χ1n) is 7.16. The van der Waals surface area contributed by atoms with E-state index in [9.17, 15) is 4.79 Å². The third kappa shape index (κ3) is 2.61. The third-order valence-electron chi connectivity index (χ3n) is 4.77. The molecule has 3 atom stereocenters. The molecule has 0 aromatic rings. The van der Waals surface area contributed by atoms with Gasteiger partial charge in [0.25, 0.3) is 0 Å². The number of allylic oxidation sites excluding steroid dienone is 1. The van der Waals surface area contributed by atoms with Crippen LogP contribution in [0.25, 0.3) is 0 Å². The van der Waals surface area contributed by atoms with Crippen LogP contribution >= 0.6 is 12.2 Å². The quantitative estimate of drug-likeness (QED) is 0.585. The normalized spacial score (nSPS) is 33.7. The lowest BCUT2D eigenvalue weighted by molar-refractivity contribution is -0.122. The fraction of sp³-hybridized carbons (Fsp3) is 0.714. The number of hydrogen-bond donors (Lipinski definition) is 2. The van der Waals surface area contributed by atoms with Crippen LogP contribution in [0.1, 0.15) is 25.7 Å². The van der Waals surface area contributed by atoms with Crippen LogP contribution < -0.4 is 11.1 Å². The second-order valence-electron chi connectivity index (χ2n) is 6.00. The zero-order valence-electron chi connectivity index (χ0n) is 11.0. The van der Waals surface area contributed by atoms with E-state index in [2.05, 4.69) is 22.4 Å². The van der Waals surface area contributed by atoms with Crippen LogP contribution in [0.3, 0.4) is 0 Å². The molecule has 0 unspecified atom stereocenters. The Morgan fingerprint density at radius 2 is 2.00 bits per heavy atom. The van der Waals surface area contributed by atoms with Gasteiger partial charge in [-0.2, -0.15) is 0 Å². The van der Waals surface area contributed by atoms with Gasteiger partial charge < -0.3 is 16.0 Å². The van der Waals surface area contributed by atoms with Crippen molar-refractivity contribution < 1.29 is 4.79 Å². The molecule has 3 rings (SSSR count). The number of carbonyl (C=O) groups excluding carboxylic acids is 1. The summed E-state index contributed by atoms with van der Waals surface area (Å²) in [4.78, 5) is 13.3. The maximum Gasteiger partial charge on any atom is 0.220 e. The Labute approximate surface area is 119 Å². The fourth-order valence-corrected chi connectivity index (χ4v) is 3.90. The highest BCUT2D eigenvalue weighted by Gasteiger charge is 2.36. The van der Waals surface area contributed by atoms with Crippen molar-refractivity contribution in [2.45, 2.75) is 31.7 Å². The summed E-state index contributed by atoms with van der Waals surface area (Å²) < 4.78 is 0. The maximum atomic E-state index is 11.1. The Kier molecular flexibility index (Phi) is 3.48. The lowest BCUT2D eigenvalue weighted by Crippen LogP contribution is -2.49. The van der Waals surface area contributed by atoms with Gasteiger partial charge in [-0.05, 0) is 49.7 Å². The summed E-state index contributed by atoms with van der Waals surface area (Å²) in [7, 11) is 0. The molecule has 1 saturated heterocycles. The molecular formula is C14H21N3OS. The number of likely N-dealkylation sites (tertiary alicyclic amines) is 1. The first kappa shape index (κ1) is 12.9. The number of rotatable bonds is 2. The summed E-state index contributed by atoms with van der Waals surface area (Å²) in [6.45, 7) is 1.69. The van der Waals surface area contributed by atoms with Crippen molar-refractivity contribution in [3.05, 3.63) is 12.2 Å². The number of nitrogens with zero attached hydrogens (tertiary/aromatic N) is 1. The first-order chi connectivity index (χ1) is 9.13. The Bertz CT molecular complexity index is 415. The minimum Gasteiger partial charge on any atom is -0.369 e. The van der Waals surface area contributed by atoms with E-state index in [1.807, 2.05) is 0 Å². The van der Waals surface area contributed by atoms with Crippen LogP contribution in [0.15, 0.2) is 12.2 Å². The van der Waals surface area contributed by atoms with Gasteiger partial charge >= 0.3 is 0 Å². The average Bonchev–Trinajstić information content (AvgIpc) is 3.01. The van der Waals surface area contributed by atoms with Crippen molar-refractivity contribution in [3.8, 4) is 0 Å². The number of nitrogens with one attached hydrogen (secondary N) is 1. The van der Waals surface area contributed by atoms with Gasteiger partial charge in [0, 0.05) is 25.0 Å². The van der Waals surface area contributed by atoms with E-state index in [0.29, 0.717) is 12.0 Å². The molecule has 0 radical (unpaired) electrons. The molecule has 0 aromatic heterocycles. The van der Waals surface area contributed by atoms with Gasteiger partial charge in [-0.25, -0.2) is 0 Å². The van der Waals surface area contributed by atoms with Crippen molar-refractivity contribution >= 4 is 23.2 Å². The minimum atomic E-state index is -0.170. The molecule has 5 heteroatoms. The Morgan fingerprint density at radius 3 is 2.53 bits per heavy atom. The Morgan fingerprint density at radius 1 is 1.26 bits per heavy atom. The SMILES string of the molecule is NC(=O)C1CCN(C(=S)N[C@H]2C[C@@H]3C=C[C@H]2C3)CC1. The highest BCUT2D eigenvalue weighted by Crippen LogP contribution is 2.39. The molecule has 2 bridgehead atoms. The highest BCUT2D eigenvalue weighted by atomic mass is 32.1. The van der Waals surface area contributed by atoms with Gasteiger partial charge in [0.1, 0.15) is 0 Å². The lowest BCUT2D eigenvalue weighted by atomic mass is 9.96. The zero-order chi connectivity index (χ0) is 13.4. The fourth-order valence-electron chi connectivity index (χ4n) is 3.56. The molecule has 1 aliphatic heterocycles. The number of amides is 1. The van der Waals surface area contributed by atoms with Crippen LogP contribution in [0, 0.1) is 17.8 Å². The molecule has 19 heavy (non-hydrogen) atoms. The predicted molar refractivity (Wildman–Crippen MR) is 78.4 cm³/mol. The summed E-state index contributed by atoms with van der Waals surface area (Å²) >= 11 is 5.51. The topological polar surface area (TPSA) is 58.4 Å².